The minimum atomic E-state index is 0.669. The summed E-state index contributed by atoms with van der Waals surface area (Å²) in [4.78, 5) is 7.15. The van der Waals surface area contributed by atoms with Gasteiger partial charge in [-0.3, -0.25) is 9.88 Å². The molecule has 1 aliphatic heterocycles. The molecule has 1 N–H and O–H groups in total. The summed E-state index contributed by atoms with van der Waals surface area (Å²) in [6.07, 6.45) is 2.02. The van der Waals surface area contributed by atoms with Crippen LogP contribution in [0, 0.1) is 5.92 Å². The summed E-state index contributed by atoms with van der Waals surface area (Å²) in [5.74, 6) is 3.19. The third-order valence-corrected chi connectivity index (χ3v) is 4.83. The van der Waals surface area contributed by atoms with Crippen LogP contribution in [0.4, 0.5) is 0 Å². The van der Waals surface area contributed by atoms with E-state index in [1.165, 1.54) is 29.3 Å². The third-order valence-electron chi connectivity index (χ3n) is 3.64. The van der Waals surface area contributed by atoms with E-state index in [1.54, 1.807) is 0 Å². The van der Waals surface area contributed by atoms with Crippen molar-refractivity contribution >= 4 is 11.8 Å². The van der Waals surface area contributed by atoms with E-state index in [2.05, 4.69) is 59.9 Å². The Morgan fingerprint density at radius 3 is 2.95 bits per heavy atom. The first-order valence-electron chi connectivity index (χ1n) is 7.61. The first-order chi connectivity index (χ1) is 9.65. The maximum atomic E-state index is 4.62. The van der Waals surface area contributed by atoms with E-state index in [0.717, 1.165) is 19.6 Å². The van der Waals surface area contributed by atoms with Crippen LogP contribution in [0.3, 0.4) is 0 Å². The molecule has 1 aromatic heterocycles. The van der Waals surface area contributed by atoms with Crippen LogP contribution in [0.15, 0.2) is 18.3 Å². The van der Waals surface area contributed by atoms with Gasteiger partial charge in [-0.05, 0) is 31.0 Å². The Balaban J connectivity index is 1.81. The van der Waals surface area contributed by atoms with Crippen LogP contribution >= 0.6 is 11.8 Å². The molecule has 1 aromatic rings. The highest BCUT2D eigenvalue weighted by Crippen LogP contribution is 2.17. The number of nitrogens with zero attached hydrogens (tertiary/aromatic N) is 2. The van der Waals surface area contributed by atoms with Crippen molar-refractivity contribution in [2.75, 3.05) is 24.6 Å². The summed E-state index contributed by atoms with van der Waals surface area (Å²) in [6.45, 7) is 10.9. The van der Waals surface area contributed by atoms with Crippen molar-refractivity contribution in [2.24, 2.45) is 5.92 Å². The average molecular weight is 293 g/mol. The monoisotopic (exact) mass is 293 g/mol. The predicted octanol–water partition coefficient (Wildman–Crippen LogP) is 2.76. The molecule has 1 saturated heterocycles. The SMILES string of the molecule is CC(C)CNCc1ccc(CN2CCSCC2C)nc1. The fraction of sp³-hybridized carbons (Fsp3) is 0.688. The molecule has 1 atom stereocenters. The fourth-order valence-corrected chi connectivity index (χ4v) is 3.45. The molecule has 20 heavy (non-hydrogen) atoms. The van der Waals surface area contributed by atoms with Crippen molar-refractivity contribution < 1.29 is 0 Å². The lowest BCUT2D eigenvalue weighted by molar-refractivity contribution is 0.221. The number of pyridine rings is 1. The second-order valence-electron chi connectivity index (χ2n) is 6.08. The molecule has 4 heteroatoms. The first kappa shape index (κ1) is 15.8. The van der Waals surface area contributed by atoms with Gasteiger partial charge in [0.1, 0.15) is 0 Å². The molecule has 1 aliphatic rings. The normalized spacial score (nSPS) is 20.5. The lowest BCUT2D eigenvalue weighted by Gasteiger charge is -2.32. The lowest BCUT2D eigenvalue weighted by atomic mass is 10.2. The molecule has 3 nitrogen and oxygen atoms in total. The molecule has 0 spiro atoms. The van der Waals surface area contributed by atoms with Crippen LogP contribution in [0.5, 0.6) is 0 Å². The van der Waals surface area contributed by atoms with Crippen LogP contribution in [0.25, 0.3) is 0 Å². The van der Waals surface area contributed by atoms with Gasteiger partial charge in [-0.25, -0.2) is 0 Å². The molecule has 2 heterocycles. The highest BCUT2D eigenvalue weighted by Gasteiger charge is 2.18. The van der Waals surface area contributed by atoms with Crippen molar-refractivity contribution in [2.45, 2.75) is 39.9 Å². The Morgan fingerprint density at radius 1 is 1.45 bits per heavy atom. The molecule has 0 aliphatic carbocycles. The number of hydrogen-bond donors (Lipinski definition) is 1. The summed E-state index contributed by atoms with van der Waals surface area (Å²) < 4.78 is 0. The van der Waals surface area contributed by atoms with Crippen LogP contribution in [0.1, 0.15) is 32.0 Å². The van der Waals surface area contributed by atoms with E-state index in [-0.39, 0.29) is 0 Å². The quantitative estimate of drug-likeness (QED) is 0.873. The molecule has 1 unspecified atom stereocenters. The van der Waals surface area contributed by atoms with Crippen LogP contribution in [-0.4, -0.2) is 40.5 Å². The second-order valence-corrected chi connectivity index (χ2v) is 7.23. The van der Waals surface area contributed by atoms with Crippen molar-refractivity contribution in [3.8, 4) is 0 Å². The predicted molar refractivity (Wildman–Crippen MR) is 88.0 cm³/mol. The number of aromatic nitrogens is 1. The van der Waals surface area contributed by atoms with E-state index >= 15 is 0 Å². The van der Waals surface area contributed by atoms with Gasteiger partial charge in [-0.2, -0.15) is 11.8 Å². The van der Waals surface area contributed by atoms with Crippen molar-refractivity contribution in [1.82, 2.24) is 15.2 Å². The number of thioether (sulfide) groups is 1. The van der Waals surface area contributed by atoms with E-state index in [1.807, 2.05) is 6.20 Å². The van der Waals surface area contributed by atoms with E-state index in [4.69, 9.17) is 0 Å². The van der Waals surface area contributed by atoms with Gasteiger partial charge < -0.3 is 5.32 Å². The second kappa shape index (κ2) is 8.01. The lowest BCUT2D eigenvalue weighted by Crippen LogP contribution is -2.39. The Kier molecular flexibility index (Phi) is 6.33. The molecule has 1 fully saturated rings. The number of hydrogen-bond acceptors (Lipinski definition) is 4. The maximum absolute atomic E-state index is 4.62. The highest BCUT2D eigenvalue weighted by atomic mass is 32.2. The average Bonchev–Trinajstić information content (AvgIpc) is 2.43. The molecule has 2 rings (SSSR count). The summed E-state index contributed by atoms with van der Waals surface area (Å²) >= 11 is 2.06. The van der Waals surface area contributed by atoms with Crippen molar-refractivity contribution in [3.05, 3.63) is 29.6 Å². The molecule has 0 amide bonds. The topological polar surface area (TPSA) is 28.2 Å². The minimum Gasteiger partial charge on any atom is -0.312 e. The van der Waals surface area contributed by atoms with Gasteiger partial charge >= 0.3 is 0 Å². The number of nitrogens with one attached hydrogen (secondary N) is 1. The van der Waals surface area contributed by atoms with Gasteiger partial charge in [-0.15, -0.1) is 0 Å². The third kappa shape index (κ3) is 5.08. The van der Waals surface area contributed by atoms with E-state index in [9.17, 15) is 0 Å². The van der Waals surface area contributed by atoms with Gasteiger partial charge in [0.25, 0.3) is 0 Å². The van der Waals surface area contributed by atoms with Gasteiger partial charge in [0.05, 0.1) is 5.69 Å². The molecular weight excluding hydrogens is 266 g/mol. The summed E-state index contributed by atoms with van der Waals surface area (Å²) in [5, 5.41) is 3.46. The summed E-state index contributed by atoms with van der Waals surface area (Å²) in [5.41, 5.74) is 2.47. The Hall–Kier alpha value is -0.580. The van der Waals surface area contributed by atoms with Gasteiger partial charge in [0.2, 0.25) is 0 Å². The summed E-state index contributed by atoms with van der Waals surface area (Å²) in [6, 6.07) is 5.06. The molecule has 112 valence electrons. The zero-order valence-corrected chi connectivity index (χ0v) is 13.7. The Bertz CT molecular complexity index is 391. The fourth-order valence-electron chi connectivity index (χ4n) is 2.36. The van der Waals surface area contributed by atoms with E-state index < -0.39 is 0 Å². The van der Waals surface area contributed by atoms with Crippen molar-refractivity contribution in [1.29, 1.82) is 0 Å². The molecule has 0 bridgehead atoms. The molecular formula is C16H27N3S. The highest BCUT2D eigenvalue weighted by molar-refractivity contribution is 7.99. The Morgan fingerprint density at radius 2 is 2.30 bits per heavy atom. The van der Waals surface area contributed by atoms with Gasteiger partial charge in [0, 0.05) is 43.4 Å². The van der Waals surface area contributed by atoms with Crippen LogP contribution < -0.4 is 5.32 Å². The summed E-state index contributed by atoms with van der Waals surface area (Å²) in [7, 11) is 0. The van der Waals surface area contributed by atoms with Crippen LogP contribution in [-0.2, 0) is 13.1 Å². The van der Waals surface area contributed by atoms with Gasteiger partial charge in [0.15, 0.2) is 0 Å². The Labute approximate surface area is 127 Å². The van der Waals surface area contributed by atoms with Crippen LogP contribution in [0.2, 0.25) is 0 Å². The van der Waals surface area contributed by atoms with Gasteiger partial charge in [-0.1, -0.05) is 19.9 Å². The molecule has 0 saturated carbocycles. The standard InChI is InChI=1S/C16H27N3S/c1-13(2)8-17-9-15-4-5-16(18-10-15)11-19-6-7-20-12-14(19)3/h4-5,10,13-14,17H,6-9,11-12H2,1-3H3. The largest absolute Gasteiger partial charge is 0.312 e. The minimum absolute atomic E-state index is 0.669. The van der Waals surface area contributed by atoms with Crippen molar-refractivity contribution in [3.63, 3.8) is 0 Å². The zero-order valence-electron chi connectivity index (χ0n) is 12.9. The zero-order chi connectivity index (χ0) is 14.4. The molecule has 0 radical (unpaired) electrons. The van der Waals surface area contributed by atoms with E-state index in [0.29, 0.717) is 12.0 Å². The maximum Gasteiger partial charge on any atom is 0.0544 e. The molecule has 0 aromatic carbocycles. The first-order valence-corrected chi connectivity index (χ1v) is 8.77. The number of rotatable bonds is 6. The smallest absolute Gasteiger partial charge is 0.0544 e.